The van der Waals surface area contributed by atoms with Crippen LogP contribution in [0.15, 0.2) is 11.8 Å². The van der Waals surface area contributed by atoms with Gasteiger partial charge in [0.2, 0.25) is 0 Å². The zero-order valence-corrected chi connectivity index (χ0v) is 6.79. The van der Waals surface area contributed by atoms with Gasteiger partial charge in [-0.1, -0.05) is 0 Å². The summed E-state index contributed by atoms with van der Waals surface area (Å²) in [7, 11) is 0. The number of carbonyl (C=O) groups is 1. The first-order valence-electron chi connectivity index (χ1n) is 3.87. The van der Waals surface area contributed by atoms with Crippen LogP contribution in [0.5, 0.6) is 0 Å². The van der Waals surface area contributed by atoms with Gasteiger partial charge in [-0.3, -0.25) is 0 Å². The number of nitrogens with two attached hydrogens (primary N) is 1. The number of hydrazine groups is 1. The topological polar surface area (TPSA) is 78.6 Å². The molecular formula is C7H13N3O2. The fourth-order valence-corrected chi connectivity index (χ4v) is 1.02. The van der Waals surface area contributed by atoms with Crippen molar-refractivity contribution in [2.45, 2.75) is 6.42 Å². The summed E-state index contributed by atoms with van der Waals surface area (Å²) in [5, 5.41) is 10.4. The van der Waals surface area contributed by atoms with Gasteiger partial charge in [0, 0.05) is 12.7 Å². The molecule has 4 N–H and O–H groups in total. The molecule has 0 aromatic heterocycles. The molecule has 0 aromatic carbocycles. The molecule has 0 fully saturated rings. The van der Waals surface area contributed by atoms with Crippen molar-refractivity contribution < 1.29 is 9.90 Å². The van der Waals surface area contributed by atoms with Gasteiger partial charge in [-0.2, -0.15) is 0 Å². The second-order valence-corrected chi connectivity index (χ2v) is 2.67. The van der Waals surface area contributed by atoms with Crippen molar-refractivity contribution in [3.63, 3.8) is 0 Å². The summed E-state index contributed by atoms with van der Waals surface area (Å²) in [5.41, 5.74) is 8.57. The van der Waals surface area contributed by atoms with Crippen LogP contribution in [-0.4, -0.2) is 35.7 Å². The van der Waals surface area contributed by atoms with Crippen molar-refractivity contribution in [1.82, 2.24) is 10.4 Å². The van der Waals surface area contributed by atoms with Crippen molar-refractivity contribution in [2.24, 2.45) is 5.73 Å². The molecule has 0 radical (unpaired) electrons. The molecule has 0 amide bonds. The van der Waals surface area contributed by atoms with Crippen molar-refractivity contribution >= 4 is 5.97 Å². The van der Waals surface area contributed by atoms with Crippen LogP contribution in [0.25, 0.3) is 0 Å². The van der Waals surface area contributed by atoms with E-state index >= 15 is 0 Å². The number of carboxylic acid groups (broad SMARTS) is 1. The monoisotopic (exact) mass is 171 g/mol. The van der Waals surface area contributed by atoms with Gasteiger partial charge in [0.05, 0.1) is 12.1 Å². The predicted octanol–water partition coefficient (Wildman–Crippen LogP) is -0.876. The molecule has 1 rings (SSSR count). The Hall–Kier alpha value is -1.07. The van der Waals surface area contributed by atoms with E-state index in [2.05, 4.69) is 5.43 Å². The summed E-state index contributed by atoms with van der Waals surface area (Å²) < 4.78 is 0. The second kappa shape index (κ2) is 4.08. The lowest BCUT2D eigenvalue weighted by molar-refractivity contribution is -0.132. The van der Waals surface area contributed by atoms with Crippen molar-refractivity contribution in [2.75, 3.05) is 19.6 Å². The fourth-order valence-electron chi connectivity index (χ4n) is 1.02. The van der Waals surface area contributed by atoms with E-state index in [9.17, 15) is 4.79 Å². The average molecular weight is 171 g/mol. The first kappa shape index (κ1) is 9.02. The van der Waals surface area contributed by atoms with Gasteiger partial charge in [0.15, 0.2) is 0 Å². The van der Waals surface area contributed by atoms with Crippen LogP contribution in [0.2, 0.25) is 0 Å². The van der Waals surface area contributed by atoms with Gasteiger partial charge in [-0.15, -0.1) is 0 Å². The standard InChI is InChI=1S/C7H13N3O2/c8-2-1-3-10-5-6(4-9-10)7(11)12/h4,9H,1-3,5,8H2,(H,11,12). The van der Waals surface area contributed by atoms with Crippen LogP contribution in [-0.2, 0) is 4.79 Å². The van der Waals surface area contributed by atoms with Crippen LogP contribution in [0.3, 0.4) is 0 Å². The third-order valence-electron chi connectivity index (χ3n) is 1.69. The van der Waals surface area contributed by atoms with Crippen LogP contribution in [0.4, 0.5) is 0 Å². The molecule has 1 heterocycles. The molecule has 1 aliphatic heterocycles. The number of nitrogens with zero attached hydrogens (tertiary/aromatic N) is 1. The van der Waals surface area contributed by atoms with E-state index in [1.807, 2.05) is 5.01 Å². The summed E-state index contributed by atoms with van der Waals surface area (Å²) in [6.07, 6.45) is 2.38. The molecule has 0 bridgehead atoms. The Labute approximate surface area is 70.8 Å². The van der Waals surface area contributed by atoms with Gasteiger partial charge >= 0.3 is 5.97 Å². The minimum absolute atomic E-state index is 0.395. The van der Waals surface area contributed by atoms with Gasteiger partial charge < -0.3 is 16.3 Å². The summed E-state index contributed by atoms with van der Waals surface area (Å²) in [5.74, 6) is -0.863. The molecule has 0 unspecified atom stereocenters. The molecule has 5 heteroatoms. The highest BCUT2D eigenvalue weighted by atomic mass is 16.4. The molecule has 0 aliphatic carbocycles. The number of hydrogen-bond acceptors (Lipinski definition) is 4. The van der Waals surface area contributed by atoms with Gasteiger partial charge in [0.25, 0.3) is 0 Å². The zero-order chi connectivity index (χ0) is 8.97. The Kier molecular flexibility index (Phi) is 3.07. The molecule has 68 valence electrons. The van der Waals surface area contributed by atoms with E-state index in [1.54, 1.807) is 0 Å². The van der Waals surface area contributed by atoms with Crippen molar-refractivity contribution in [1.29, 1.82) is 0 Å². The van der Waals surface area contributed by atoms with Crippen LogP contribution >= 0.6 is 0 Å². The summed E-state index contributed by atoms with van der Waals surface area (Å²) in [6.45, 7) is 1.86. The molecule has 5 nitrogen and oxygen atoms in total. The molecule has 0 spiro atoms. The third-order valence-corrected chi connectivity index (χ3v) is 1.69. The van der Waals surface area contributed by atoms with E-state index in [4.69, 9.17) is 10.8 Å². The molecule has 0 atom stereocenters. The van der Waals surface area contributed by atoms with Gasteiger partial charge in [-0.25, -0.2) is 9.80 Å². The normalized spacial score (nSPS) is 17.2. The molecule has 1 aliphatic rings. The maximum atomic E-state index is 10.5. The van der Waals surface area contributed by atoms with E-state index < -0.39 is 5.97 Å². The number of rotatable bonds is 4. The minimum Gasteiger partial charge on any atom is -0.478 e. The maximum absolute atomic E-state index is 10.5. The second-order valence-electron chi connectivity index (χ2n) is 2.67. The zero-order valence-electron chi connectivity index (χ0n) is 6.79. The first-order valence-corrected chi connectivity index (χ1v) is 3.87. The van der Waals surface area contributed by atoms with E-state index in [0.717, 1.165) is 13.0 Å². The summed E-state index contributed by atoms with van der Waals surface area (Å²) in [6, 6.07) is 0. The Morgan fingerprint density at radius 1 is 1.83 bits per heavy atom. The number of aliphatic carboxylic acids is 1. The number of nitrogens with one attached hydrogen (secondary N) is 1. The third kappa shape index (κ3) is 2.21. The lowest BCUT2D eigenvalue weighted by Crippen LogP contribution is -2.32. The van der Waals surface area contributed by atoms with Crippen molar-refractivity contribution in [3.05, 3.63) is 11.8 Å². The maximum Gasteiger partial charge on any atom is 0.334 e. The highest BCUT2D eigenvalue weighted by molar-refractivity contribution is 5.87. The lowest BCUT2D eigenvalue weighted by Gasteiger charge is -2.14. The quantitative estimate of drug-likeness (QED) is 0.512. The first-order chi connectivity index (χ1) is 5.74. The van der Waals surface area contributed by atoms with Crippen LogP contribution < -0.4 is 11.2 Å². The van der Waals surface area contributed by atoms with E-state index in [0.29, 0.717) is 18.7 Å². The van der Waals surface area contributed by atoms with Gasteiger partial charge in [-0.05, 0) is 13.0 Å². The fraction of sp³-hybridized carbons (Fsp3) is 0.571. The van der Waals surface area contributed by atoms with Crippen LogP contribution in [0, 0.1) is 0 Å². The lowest BCUT2D eigenvalue weighted by atomic mass is 10.3. The number of hydrogen-bond donors (Lipinski definition) is 3. The van der Waals surface area contributed by atoms with Gasteiger partial charge in [0.1, 0.15) is 0 Å². The SMILES string of the molecule is NCCCN1CC(C(=O)O)=CN1. The molecule has 0 saturated carbocycles. The Balaban J connectivity index is 2.27. The Bertz CT molecular complexity index is 203. The number of carboxylic acids is 1. The minimum atomic E-state index is -0.863. The average Bonchev–Trinajstić information content (AvgIpc) is 2.48. The molecule has 12 heavy (non-hydrogen) atoms. The largest absolute Gasteiger partial charge is 0.478 e. The predicted molar refractivity (Wildman–Crippen MR) is 44.1 cm³/mol. The summed E-state index contributed by atoms with van der Waals surface area (Å²) >= 11 is 0. The van der Waals surface area contributed by atoms with E-state index in [-0.39, 0.29) is 0 Å². The highest BCUT2D eigenvalue weighted by Gasteiger charge is 2.17. The Morgan fingerprint density at radius 2 is 2.58 bits per heavy atom. The molecule has 0 saturated heterocycles. The molecule has 0 aromatic rings. The Morgan fingerprint density at radius 3 is 3.08 bits per heavy atom. The highest BCUT2D eigenvalue weighted by Crippen LogP contribution is 2.04. The summed E-state index contributed by atoms with van der Waals surface area (Å²) in [4.78, 5) is 10.5. The van der Waals surface area contributed by atoms with E-state index in [1.165, 1.54) is 6.20 Å². The van der Waals surface area contributed by atoms with Crippen LogP contribution in [0.1, 0.15) is 6.42 Å². The van der Waals surface area contributed by atoms with Crippen molar-refractivity contribution in [3.8, 4) is 0 Å². The smallest absolute Gasteiger partial charge is 0.334 e. The molecular weight excluding hydrogens is 158 g/mol.